The van der Waals surface area contributed by atoms with Gasteiger partial charge in [0, 0.05) is 16.0 Å². The third kappa shape index (κ3) is 2.44. The molecule has 2 rings (SSSR count). The second-order valence-electron chi connectivity index (χ2n) is 4.73. The summed E-state index contributed by atoms with van der Waals surface area (Å²) in [6.45, 7) is 6.31. The average molecular weight is 257 g/mol. The van der Waals surface area contributed by atoms with Crippen LogP contribution < -0.4 is 0 Å². The predicted molar refractivity (Wildman–Crippen MR) is 71.4 cm³/mol. The summed E-state index contributed by atoms with van der Waals surface area (Å²) in [5.41, 5.74) is 1.11. The fraction of sp³-hybridized carbons (Fsp3) is 0.750. The number of nitrogens with zero attached hydrogens (tertiary/aromatic N) is 1. The Morgan fingerprint density at radius 3 is 2.75 bits per heavy atom. The van der Waals surface area contributed by atoms with Gasteiger partial charge in [-0.1, -0.05) is 0 Å². The first-order valence-corrected chi connectivity index (χ1v) is 7.56. The van der Waals surface area contributed by atoms with Crippen LogP contribution in [0.25, 0.3) is 0 Å². The smallest absolute Gasteiger partial charge is 0.0957 e. The van der Waals surface area contributed by atoms with Crippen LogP contribution in [0.5, 0.6) is 0 Å². The molecule has 1 fully saturated rings. The van der Waals surface area contributed by atoms with E-state index in [2.05, 4.69) is 18.8 Å². The van der Waals surface area contributed by atoms with Crippen LogP contribution in [0.2, 0.25) is 0 Å². The summed E-state index contributed by atoms with van der Waals surface area (Å²) in [6.07, 6.45) is 2.81. The summed E-state index contributed by atoms with van der Waals surface area (Å²) in [7, 11) is 0. The van der Waals surface area contributed by atoms with Gasteiger partial charge in [-0.3, -0.25) is 0 Å². The molecule has 0 saturated carbocycles. The molecule has 2 heterocycles. The monoisotopic (exact) mass is 257 g/mol. The van der Waals surface area contributed by atoms with E-state index in [1.807, 2.05) is 18.7 Å². The van der Waals surface area contributed by atoms with Gasteiger partial charge in [0.1, 0.15) is 0 Å². The lowest BCUT2D eigenvalue weighted by Gasteiger charge is -2.28. The number of rotatable bonds is 3. The zero-order valence-corrected chi connectivity index (χ0v) is 11.7. The average Bonchev–Trinajstić information content (AvgIpc) is 2.76. The SMILES string of the molecule is Cc1nc(CC(O)C2(C)CCCS2)sc1C. The lowest BCUT2D eigenvalue weighted by molar-refractivity contribution is 0.133. The number of hydrogen-bond donors (Lipinski definition) is 1. The molecule has 0 aliphatic carbocycles. The van der Waals surface area contributed by atoms with Gasteiger partial charge in [0.25, 0.3) is 0 Å². The molecule has 1 N–H and O–H groups in total. The molecule has 2 nitrogen and oxygen atoms in total. The van der Waals surface area contributed by atoms with E-state index in [1.165, 1.54) is 17.1 Å². The first-order chi connectivity index (χ1) is 7.51. The van der Waals surface area contributed by atoms with E-state index in [9.17, 15) is 5.11 Å². The maximum absolute atomic E-state index is 10.3. The number of thiazole rings is 1. The quantitative estimate of drug-likeness (QED) is 0.904. The number of aliphatic hydroxyl groups excluding tert-OH is 1. The molecule has 1 aliphatic heterocycles. The fourth-order valence-corrected chi connectivity index (χ4v) is 4.36. The minimum Gasteiger partial charge on any atom is -0.391 e. The lowest BCUT2D eigenvalue weighted by atomic mass is 9.96. The van der Waals surface area contributed by atoms with Crippen LogP contribution in [-0.4, -0.2) is 26.7 Å². The molecule has 1 saturated heterocycles. The van der Waals surface area contributed by atoms with Gasteiger partial charge in [0.05, 0.1) is 16.8 Å². The Bertz CT molecular complexity index is 350. The number of aromatic nitrogens is 1. The Morgan fingerprint density at radius 1 is 1.50 bits per heavy atom. The van der Waals surface area contributed by atoms with Crippen molar-refractivity contribution in [2.45, 2.75) is 50.9 Å². The van der Waals surface area contributed by atoms with Gasteiger partial charge in [-0.15, -0.1) is 11.3 Å². The van der Waals surface area contributed by atoms with E-state index in [-0.39, 0.29) is 10.9 Å². The normalized spacial score (nSPS) is 27.2. The second-order valence-corrected chi connectivity index (χ2v) is 7.65. The molecule has 4 heteroatoms. The Balaban J connectivity index is 2.04. The van der Waals surface area contributed by atoms with E-state index in [1.54, 1.807) is 11.3 Å². The number of thioether (sulfide) groups is 1. The molecule has 0 aromatic carbocycles. The standard InChI is InChI=1S/C12H19NOS2/c1-8-9(2)16-11(13-8)7-10(14)12(3)5-4-6-15-12/h10,14H,4-7H2,1-3H3. The van der Waals surface area contributed by atoms with Gasteiger partial charge >= 0.3 is 0 Å². The Labute approximate surface area is 105 Å². The molecule has 0 spiro atoms. The first-order valence-electron chi connectivity index (χ1n) is 5.76. The van der Waals surface area contributed by atoms with Crippen molar-refractivity contribution in [1.82, 2.24) is 4.98 Å². The summed E-state index contributed by atoms with van der Waals surface area (Å²) >= 11 is 3.63. The van der Waals surface area contributed by atoms with Gasteiger partial charge in [-0.2, -0.15) is 11.8 Å². The van der Waals surface area contributed by atoms with Gasteiger partial charge in [-0.05, 0) is 39.4 Å². The van der Waals surface area contributed by atoms with Crippen molar-refractivity contribution in [3.63, 3.8) is 0 Å². The van der Waals surface area contributed by atoms with Crippen LogP contribution >= 0.6 is 23.1 Å². The van der Waals surface area contributed by atoms with Crippen LogP contribution in [0.3, 0.4) is 0 Å². The van der Waals surface area contributed by atoms with E-state index in [0.29, 0.717) is 6.42 Å². The molecule has 2 atom stereocenters. The molecule has 0 amide bonds. The maximum Gasteiger partial charge on any atom is 0.0957 e. The first kappa shape index (κ1) is 12.4. The van der Waals surface area contributed by atoms with Crippen molar-refractivity contribution >= 4 is 23.1 Å². The number of aliphatic hydroxyl groups is 1. The predicted octanol–water partition coefficient (Wildman–Crippen LogP) is 2.95. The molecule has 16 heavy (non-hydrogen) atoms. The number of aryl methyl sites for hydroxylation is 2. The zero-order valence-electron chi connectivity index (χ0n) is 10.1. The molecular formula is C12H19NOS2. The van der Waals surface area contributed by atoms with Gasteiger partial charge in [0.15, 0.2) is 0 Å². The molecule has 1 aliphatic rings. The van der Waals surface area contributed by atoms with E-state index in [0.717, 1.165) is 17.1 Å². The van der Waals surface area contributed by atoms with E-state index >= 15 is 0 Å². The number of hydrogen-bond acceptors (Lipinski definition) is 4. The lowest BCUT2D eigenvalue weighted by Crippen LogP contribution is -2.35. The summed E-state index contributed by atoms with van der Waals surface area (Å²) in [6, 6.07) is 0. The van der Waals surface area contributed by atoms with E-state index < -0.39 is 0 Å². The van der Waals surface area contributed by atoms with E-state index in [4.69, 9.17) is 0 Å². The molecule has 1 aromatic heterocycles. The van der Waals surface area contributed by atoms with Crippen molar-refractivity contribution in [3.05, 3.63) is 15.6 Å². The Morgan fingerprint density at radius 2 is 2.25 bits per heavy atom. The van der Waals surface area contributed by atoms with Crippen molar-refractivity contribution in [1.29, 1.82) is 0 Å². The van der Waals surface area contributed by atoms with Crippen LogP contribution in [0.4, 0.5) is 0 Å². The molecule has 90 valence electrons. The van der Waals surface area contributed by atoms with Crippen molar-refractivity contribution in [3.8, 4) is 0 Å². The molecule has 0 bridgehead atoms. The van der Waals surface area contributed by atoms with Crippen LogP contribution in [0.1, 0.15) is 35.3 Å². The third-order valence-electron chi connectivity index (χ3n) is 3.39. The Kier molecular flexibility index (Phi) is 3.62. The molecular weight excluding hydrogens is 238 g/mol. The highest BCUT2D eigenvalue weighted by atomic mass is 32.2. The van der Waals surface area contributed by atoms with Crippen LogP contribution in [0.15, 0.2) is 0 Å². The fourth-order valence-electron chi connectivity index (χ4n) is 2.07. The van der Waals surface area contributed by atoms with Crippen molar-refractivity contribution < 1.29 is 5.11 Å². The van der Waals surface area contributed by atoms with Crippen molar-refractivity contribution in [2.24, 2.45) is 0 Å². The van der Waals surface area contributed by atoms with Crippen molar-refractivity contribution in [2.75, 3.05) is 5.75 Å². The summed E-state index contributed by atoms with van der Waals surface area (Å²) in [4.78, 5) is 5.77. The molecule has 0 radical (unpaired) electrons. The topological polar surface area (TPSA) is 33.1 Å². The second kappa shape index (κ2) is 4.67. The Hall–Kier alpha value is -0.0600. The van der Waals surface area contributed by atoms with Crippen LogP contribution in [0, 0.1) is 13.8 Å². The summed E-state index contributed by atoms with van der Waals surface area (Å²) in [5.74, 6) is 1.18. The van der Waals surface area contributed by atoms with Gasteiger partial charge < -0.3 is 5.11 Å². The highest BCUT2D eigenvalue weighted by Gasteiger charge is 2.37. The third-order valence-corrected chi connectivity index (χ3v) is 6.12. The largest absolute Gasteiger partial charge is 0.391 e. The maximum atomic E-state index is 10.3. The van der Waals surface area contributed by atoms with Gasteiger partial charge in [0.2, 0.25) is 0 Å². The zero-order chi connectivity index (χ0) is 11.8. The highest BCUT2D eigenvalue weighted by molar-refractivity contribution is 8.00. The summed E-state index contributed by atoms with van der Waals surface area (Å²) < 4.78 is 0.0491. The molecule has 2 unspecified atom stereocenters. The molecule has 1 aromatic rings. The minimum atomic E-state index is -0.259. The minimum absolute atomic E-state index is 0.0491. The highest BCUT2D eigenvalue weighted by Crippen LogP contribution is 2.41. The van der Waals surface area contributed by atoms with Crippen LogP contribution in [-0.2, 0) is 6.42 Å². The van der Waals surface area contributed by atoms with Gasteiger partial charge in [-0.25, -0.2) is 4.98 Å². The summed E-state index contributed by atoms with van der Waals surface area (Å²) in [5, 5.41) is 11.4.